The first-order valence-corrected chi connectivity index (χ1v) is 7.87. The number of anilines is 1. The van der Waals surface area contributed by atoms with Crippen LogP contribution < -0.4 is 10.5 Å². The van der Waals surface area contributed by atoms with Gasteiger partial charge in [-0.2, -0.15) is 9.78 Å². The Balaban J connectivity index is 1.96. The molecule has 1 aliphatic heterocycles. The molecule has 0 aliphatic carbocycles. The van der Waals surface area contributed by atoms with Crippen LogP contribution in [-0.2, 0) is 4.79 Å². The van der Waals surface area contributed by atoms with Crippen molar-refractivity contribution in [2.24, 2.45) is 11.8 Å². The molecule has 1 aromatic heterocycles. The van der Waals surface area contributed by atoms with Crippen LogP contribution in [0.1, 0.15) is 0 Å². The van der Waals surface area contributed by atoms with Gasteiger partial charge in [0, 0.05) is 13.1 Å². The lowest BCUT2D eigenvalue weighted by atomic mass is 9.97. The predicted molar refractivity (Wildman–Crippen MR) is 87.7 cm³/mol. The minimum absolute atomic E-state index is 0.152. The lowest BCUT2D eigenvalue weighted by Gasteiger charge is -2.19. The van der Waals surface area contributed by atoms with Gasteiger partial charge in [-0.15, -0.1) is 0 Å². The summed E-state index contributed by atoms with van der Waals surface area (Å²) in [5.41, 5.74) is 0.0715. The van der Waals surface area contributed by atoms with E-state index in [1.54, 1.807) is 30.3 Å². The zero-order valence-corrected chi connectivity index (χ0v) is 13.6. The molecule has 2 heterocycles. The Bertz CT molecular complexity index is 844. The molecular weight excluding hydrogens is 356 g/mol. The topological polar surface area (TPSA) is 75.4 Å². The van der Waals surface area contributed by atoms with E-state index in [1.165, 1.54) is 11.1 Å². The number of halogens is 3. The van der Waals surface area contributed by atoms with Gasteiger partial charge in [0.15, 0.2) is 0 Å². The smallest absolute Gasteiger partial charge is 0.308 e. The van der Waals surface area contributed by atoms with Crippen LogP contribution in [0.5, 0.6) is 0 Å². The van der Waals surface area contributed by atoms with Crippen LogP contribution in [0, 0.1) is 11.8 Å². The van der Waals surface area contributed by atoms with Crippen LogP contribution in [0.25, 0.3) is 5.69 Å². The Hall–Kier alpha value is -2.48. The Labute approximate surface area is 146 Å². The van der Waals surface area contributed by atoms with Crippen LogP contribution in [0.15, 0.2) is 41.3 Å². The highest BCUT2D eigenvalue weighted by molar-refractivity contribution is 6.33. The van der Waals surface area contributed by atoms with E-state index in [2.05, 4.69) is 5.10 Å². The van der Waals surface area contributed by atoms with Gasteiger partial charge >= 0.3 is 5.97 Å². The predicted octanol–water partition coefficient (Wildman–Crippen LogP) is 2.29. The van der Waals surface area contributed by atoms with Gasteiger partial charge in [0.25, 0.3) is 5.56 Å². The molecule has 1 fully saturated rings. The Morgan fingerprint density at radius 2 is 1.96 bits per heavy atom. The van der Waals surface area contributed by atoms with E-state index in [1.807, 2.05) is 0 Å². The van der Waals surface area contributed by atoms with Crippen LogP contribution in [0.2, 0.25) is 5.02 Å². The van der Waals surface area contributed by atoms with E-state index in [0.717, 1.165) is 4.68 Å². The number of hydrogen-bond donors (Lipinski definition) is 1. The molecule has 0 unspecified atom stereocenters. The standard InChI is InChI=1S/C16H14ClF2N3O3/c17-13-12(21-7-10(14(18)19)11(8-21)16(24)25)6-20-22(15(13)23)9-4-2-1-3-5-9/h1-6,10-11,14H,7-8H2,(H,24,25)/t10-,11-/m1/s1. The normalized spacial score (nSPS) is 20.2. The number of nitrogens with zero attached hydrogens (tertiary/aromatic N) is 3. The lowest BCUT2D eigenvalue weighted by Crippen LogP contribution is -2.28. The average Bonchev–Trinajstić information content (AvgIpc) is 3.04. The minimum atomic E-state index is -2.78. The van der Waals surface area contributed by atoms with Gasteiger partial charge in [0.05, 0.1) is 29.4 Å². The van der Waals surface area contributed by atoms with E-state index in [9.17, 15) is 18.4 Å². The summed E-state index contributed by atoms with van der Waals surface area (Å²) in [4.78, 5) is 25.0. The van der Waals surface area contributed by atoms with E-state index < -0.39 is 29.8 Å². The monoisotopic (exact) mass is 369 g/mol. The Morgan fingerprint density at radius 3 is 2.52 bits per heavy atom. The maximum Gasteiger partial charge on any atom is 0.308 e. The lowest BCUT2D eigenvalue weighted by molar-refractivity contribution is -0.144. The fourth-order valence-electron chi connectivity index (χ4n) is 2.94. The van der Waals surface area contributed by atoms with Crippen LogP contribution in [-0.4, -0.2) is 40.4 Å². The third kappa shape index (κ3) is 3.21. The summed E-state index contributed by atoms with van der Waals surface area (Å²) in [5.74, 6) is -3.85. The van der Waals surface area contributed by atoms with E-state index in [4.69, 9.17) is 16.7 Å². The molecule has 132 valence electrons. The molecule has 25 heavy (non-hydrogen) atoms. The number of para-hydroxylation sites is 1. The molecule has 1 saturated heterocycles. The third-order valence-electron chi connectivity index (χ3n) is 4.25. The highest BCUT2D eigenvalue weighted by Crippen LogP contribution is 2.34. The number of alkyl halides is 2. The molecular formula is C16H14ClF2N3O3. The number of benzene rings is 1. The van der Waals surface area contributed by atoms with E-state index in [0.29, 0.717) is 5.69 Å². The van der Waals surface area contributed by atoms with Crippen molar-refractivity contribution in [3.63, 3.8) is 0 Å². The number of carbonyl (C=O) groups is 1. The van der Waals surface area contributed by atoms with Crippen molar-refractivity contribution >= 4 is 23.3 Å². The van der Waals surface area contributed by atoms with Gasteiger partial charge in [0.1, 0.15) is 5.02 Å². The van der Waals surface area contributed by atoms with E-state index in [-0.39, 0.29) is 23.8 Å². The van der Waals surface area contributed by atoms with E-state index >= 15 is 0 Å². The fourth-order valence-corrected chi connectivity index (χ4v) is 3.19. The molecule has 6 nitrogen and oxygen atoms in total. The molecule has 9 heteroatoms. The van der Waals surface area contributed by atoms with Crippen molar-refractivity contribution in [1.29, 1.82) is 0 Å². The second-order valence-electron chi connectivity index (χ2n) is 5.74. The first-order valence-electron chi connectivity index (χ1n) is 7.49. The Kier molecular flexibility index (Phi) is 4.71. The number of rotatable bonds is 4. The van der Waals surface area contributed by atoms with Gasteiger partial charge in [-0.3, -0.25) is 9.59 Å². The second-order valence-corrected chi connectivity index (χ2v) is 6.12. The molecule has 2 atom stereocenters. The number of carboxylic acids is 1. The summed E-state index contributed by atoms with van der Waals surface area (Å²) in [6.07, 6.45) is -1.48. The molecule has 0 radical (unpaired) electrons. The maximum absolute atomic E-state index is 13.1. The number of aliphatic carboxylic acids is 1. The summed E-state index contributed by atoms with van der Waals surface area (Å²) in [7, 11) is 0. The van der Waals surface area contributed by atoms with Gasteiger partial charge in [-0.1, -0.05) is 29.8 Å². The first kappa shape index (κ1) is 17.3. The maximum atomic E-state index is 13.1. The number of aromatic nitrogens is 2. The molecule has 0 saturated carbocycles. The van der Waals surface area contributed by atoms with Crippen LogP contribution in [0.4, 0.5) is 14.5 Å². The van der Waals surface area contributed by atoms with Gasteiger partial charge < -0.3 is 10.0 Å². The van der Waals surface area contributed by atoms with Gasteiger partial charge in [-0.25, -0.2) is 8.78 Å². The summed E-state index contributed by atoms with van der Waals surface area (Å²) in [6.45, 7) is -0.356. The van der Waals surface area contributed by atoms with Crippen molar-refractivity contribution in [2.45, 2.75) is 6.43 Å². The molecule has 0 amide bonds. The fraction of sp³-hybridized carbons (Fsp3) is 0.312. The van der Waals surface area contributed by atoms with Crippen molar-refractivity contribution < 1.29 is 18.7 Å². The summed E-state index contributed by atoms with van der Waals surface area (Å²) < 4.78 is 27.3. The molecule has 0 spiro atoms. The molecule has 2 aromatic rings. The zero-order valence-electron chi connectivity index (χ0n) is 12.8. The van der Waals surface area contributed by atoms with Gasteiger partial charge in [0.2, 0.25) is 6.43 Å². The highest BCUT2D eigenvalue weighted by atomic mass is 35.5. The van der Waals surface area contributed by atoms with Crippen molar-refractivity contribution in [3.8, 4) is 5.69 Å². The average molecular weight is 370 g/mol. The number of carboxylic acid groups (broad SMARTS) is 1. The quantitative estimate of drug-likeness (QED) is 0.895. The zero-order chi connectivity index (χ0) is 18.1. The second kappa shape index (κ2) is 6.79. The minimum Gasteiger partial charge on any atom is -0.481 e. The molecule has 3 rings (SSSR count). The number of hydrogen-bond acceptors (Lipinski definition) is 4. The molecule has 1 aliphatic rings. The van der Waals surface area contributed by atoms with Crippen molar-refractivity contribution in [2.75, 3.05) is 18.0 Å². The van der Waals surface area contributed by atoms with Crippen LogP contribution in [0.3, 0.4) is 0 Å². The third-order valence-corrected chi connectivity index (χ3v) is 4.60. The Morgan fingerprint density at radius 1 is 1.28 bits per heavy atom. The molecule has 0 bridgehead atoms. The molecule has 1 aromatic carbocycles. The van der Waals surface area contributed by atoms with Crippen LogP contribution >= 0.6 is 11.6 Å². The SMILES string of the molecule is O=C(O)[C@@H]1CN(c2cnn(-c3ccccc3)c(=O)c2Cl)C[C@H]1C(F)F. The van der Waals surface area contributed by atoms with Gasteiger partial charge in [-0.05, 0) is 12.1 Å². The highest BCUT2D eigenvalue weighted by Gasteiger charge is 2.43. The summed E-state index contributed by atoms with van der Waals surface area (Å²) in [6, 6.07) is 8.60. The first-order chi connectivity index (χ1) is 11.9. The molecule has 1 N–H and O–H groups in total. The summed E-state index contributed by atoms with van der Waals surface area (Å²) >= 11 is 6.13. The summed E-state index contributed by atoms with van der Waals surface area (Å²) in [5, 5.41) is 13.0. The van der Waals surface area contributed by atoms with Crippen molar-refractivity contribution in [1.82, 2.24) is 9.78 Å². The van der Waals surface area contributed by atoms with Crippen molar-refractivity contribution in [3.05, 3.63) is 51.9 Å². The largest absolute Gasteiger partial charge is 0.481 e.